The van der Waals surface area contributed by atoms with Gasteiger partial charge in [0.15, 0.2) is 0 Å². The highest BCUT2D eigenvalue weighted by atomic mass is 16.4. The van der Waals surface area contributed by atoms with Crippen molar-refractivity contribution in [2.45, 2.75) is 33.1 Å². The Hall–Kier alpha value is -1.57. The second-order valence-corrected chi connectivity index (χ2v) is 5.24. The van der Waals surface area contributed by atoms with E-state index >= 15 is 0 Å². The van der Waals surface area contributed by atoms with E-state index in [4.69, 9.17) is 4.42 Å². The Morgan fingerprint density at radius 1 is 1.12 bits per heavy atom. The molecular formula is C14H16O2. The molecule has 0 N–H and O–H groups in total. The van der Waals surface area contributed by atoms with Crippen LogP contribution in [0.4, 0.5) is 0 Å². The normalized spacial score (nSPS) is 12.0. The van der Waals surface area contributed by atoms with E-state index in [1.807, 2.05) is 52.0 Å². The molecule has 0 aliphatic carbocycles. The van der Waals surface area contributed by atoms with Crippen molar-refractivity contribution in [1.82, 2.24) is 0 Å². The van der Waals surface area contributed by atoms with Gasteiger partial charge in [-0.2, -0.15) is 0 Å². The third-order valence-electron chi connectivity index (χ3n) is 2.70. The molecule has 2 nitrogen and oxygen atoms in total. The minimum atomic E-state index is -0.231. The van der Waals surface area contributed by atoms with Crippen LogP contribution in [0.5, 0.6) is 0 Å². The maximum atomic E-state index is 11.8. The fraction of sp³-hybridized carbons (Fsp3) is 0.357. The largest absolute Gasteiger partial charge is 0.423 e. The van der Waals surface area contributed by atoms with Crippen molar-refractivity contribution in [3.8, 4) is 0 Å². The summed E-state index contributed by atoms with van der Waals surface area (Å²) in [5.74, 6) is 0. The van der Waals surface area contributed by atoms with Gasteiger partial charge in [-0.15, -0.1) is 0 Å². The van der Waals surface area contributed by atoms with Crippen LogP contribution in [0.15, 0.2) is 33.5 Å². The van der Waals surface area contributed by atoms with E-state index in [0.29, 0.717) is 5.58 Å². The van der Waals surface area contributed by atoms with Gasteiger partial charge in [-0.3, -0.25) is 0 Å². The molecule has 0 fully saturated rings. The maximum Gasteiger partial charge on any atom is 0.339 e. The monoisotopic (exact) mass is 216 g/mol. The lowest BCUT2D eigenvalue weighted by Crippen LogP contribution is -2.21. The van der Waals surface area contributed by atoms with Crippen molar-refractivity contribution >= 4 is 11.0 Å². The zero-order valence-electron chi connectivity index (χ0n) is 10.1. The highest BCUT2D eigenvalue weighted by molar-refractivity contribution is 5.77. The average molecular weight is 216 g/mol. The number of hydrogen-bond acceptors (Lipinski definition) is 2. The van der Waals surface area contributed by atoms with Crippen LogP contribution in [0.2, 0.25) is 0 Å². The fourth-order valence-electron chi connectivity index (χ4n) is 1.74. The molecule has 2 rings (SSSR count). The molecule has 0 radical (unpaired) electrons. The summed E-state index contributed by atoms with van der Waals surface area (Å²) in [7, 11) is 0. The van der Waals surface area contributed by atoms with Crippen molar-refractivity contribution in [1.29, 1.82) is 0 Å². The lowest BCUT2D eigenvalue weighted by Gasteiger charge is -2.17. The van der Waals surface area contributed by atoms with Crippen LogP contribution < -0.4 is 5.63 Å². The van der Waals surface area contributed by atoms with E-state index in [1.165, 1.54) is 0 Å². The summed E-state index contributed by atoms with van der Waals surface area (Å²) in [6.07, 6.45) is 0. The van der Waals surface area contributed by atoms with E-state index in [2.05, 4.69) is 0 Å². The van der Waals surface area contributed by atoms with E-state index in [0.717, 1.165) is 16.5 Å². The van der Waals surface area contributed by atoms with Gasteiger partial charge < -0.3 is 4.42 Å². The van der Waals surface area contributed by atoms with Gasteiger partial charge >= 0.3 is 5.63 Å². The molecule has 0 unspecified atom stereocenters. The molecule has 1 heterocycles. The zero-order chi connectivity index (χ0) is 11.9. The van der Waals surface area contributed by atoms with Crippen molar-refractivity contribution in [3.63, 3.8) is 0 Å². The summed E-state index contributed by atoms with van der Waals surface area (Å²) in [6, 6.07) is 7.83. The number of hydrogen-bond donors (Lipinski definition) is 0. The van der Waals surface area contributed by atoms with Gasteiger partial charge in [0, 0.05) is 10.9 Å². The van der Waals surface area contributed by atoms with Crippen LogP contribution in [-0.2, 0) is 5.41 Å². The number of rotatable bonds is 0. The Morgan fingerprint density at radius 2 is 1.81 bits per heavy atom. The molecule has 0 spiro atoms. The molecule has 0 aliphatic heterocycles. The van der Waals surface area contributed by atoms with Gasteiger partial charge in [0.25, 0.3) is 0 Å². The minimum Gasteiger partial charge on any atom is -0.423 e. The summed E-state index contributed by atoms with van der Waals surface area (Å²) >= 11 is 0. The highest BCUT2D eigenvalue weighted by Gasteiger charge is 2.19. The van der Waals surface area contributed by atoms with Crippen molar-refractivity contribution in [2.75, 3.05) is 0 Å². The first-order valence-electron chi connectivity index (χ1n) is 5.43. The van der Waals surface area contributed by atoms with E-state index in [9.17, 15) is 4.79 Å². The first-order valence-corrected chi connectivity index (χ1v) is 5.43. The van der Waals surface area contributed by atoms with Crippen molar-refractivity contribution < 1.29 is 4.42 Å². The van der Waals surface area contributed by atoms with Gasteiger partial charge in [-0.1, -0.05) is 32.9 Å². The molecule has 0 atom stereocenters. The Morgan fingerprint density at radius 3 is 2.44 bits per heavy atom. The van der Waals surface area contributed by atoms with Crippen LogP contribution in [0.3, 0.4) is 0 Å². The minimum absolute atomic E-state index is 0.181. The summed E-state index contributed by atoms with van der Waals surface area (Å²) in [5.41, 5.74) is 2.08. The van der Waals surface area contributed by atoms with Crippen molar-refractivity contribution in [3.05, 3.63) is 45.8 Å². The molecule has 16 heavy (non-hydrogen) atoms. The first kappa shape index (κ1) is 10.9. The lowest BCUT2D eigenvalue weighted by atomic mass is 9.88. The van der Waals surface area contributed by atoms with Crippen LogP contribution in [0.1, 0.15) is 31.9 Å². The topological polar surface area (TPSA) is 30.2 Å². The third kappa shape index (κ3) is 1.87. The van der Waals surface area contributed by atoms with E-state index in [-0.39, 0.29) is 11.0 Å². The van der Waals surface area contributed by atoms with Crippen LogP contribution >= 0.6 is 0 Å². The highest BCUT2D eigenvalue weighted by Crippen LogP contribution is 2.23. The maximum absolute atomic E-state index is 11.8. The molecule has 84 valence electrons. The number of aryl methyl sites for hydroxylation is 1. The lowest BCUT2D eigenvalue weighted by molar-refractivity contribution is 0.502. The molecule has 0 saturated carbocycles. The second-order valence-electron chi connectivity index (χ2n) is 5.24. The summed E-state index contributed by atoms with van der Waals surface area (Å²) in [6.45, 7) is 8.02. The summed E-state index contributed by atoms with van der Waals surface area (Å²) < 4.78 is 5.34. The molecule has 1 aromatic heterocycles. The molecular weight excluding hydrogens is 200 g/mol. The predicted molar refractivity (Wildman–Crippen MR) is 65.9 cm³/mol. The summed E-state index contributed by atoms with van der Waals surface area (Å²) in [4.78, 5) is 11.8. The van der Waals surface area contributed by atoms with Gasteiger partial charge in [-0.25, -0.2) is 4.79 Å². The molecule has 0 saturated heterocycles. The molecule has 2 heteroatoms. The third-order valence-corrected chi connectivity index (χ3v) is 2.70. The molecule has 2 aromatic rings. The second kappa shape index (κ2) is 3.48. The van der Waals surface area contributed by atoms with Crippen molar-refractivity contribution in [2.24, 2.45) is 0 Å². The Balaban J connectivity index is 2.78. The average Bonchev–Trinajstić information content (AvgIpc) is 2.14. The van der Waals surface area contributed by atoms with Gasteiger partial charge in [0.1, 0.15) is 5.58 Å². The Labute approximate surface area is 94.9 Å². The fourth-order valence-corrected chi connectivity index (χ4v) is 1.74. The smallest absolute Gasteiger partial charge is 0.339 e. The zero-order valence-corrected chi connectivity index (χ0v) is 10.1. The Kier molecular flexibility index (Phi) is 2.38. The molecule has 1 aromatic carbocycles. The quantitative estimate of drug-likeness (QED) is 0.632. The van der Waals surface area contributed by atoms with Gasteiger partial charge in [0.05, 0.1) is 0 Å². The Bertz CT molecular complexity index is 586. The van der Waals surface area contributed by atoms with Gasteiger partial charge in [-0.05, 0) is 30.0 Å². The molecule has 0 aliphatic rings. The van der Waals surface area contributed by atoms with Crippen LogP contribution in [-0.4, -0.2) is 0 Å². The van der Waals surface area contributed by atoms with E-state index < -0.39 is 0 Å². The first-order chi connectivity index (χ1) is 7.38. The number of benzene rings is 1. The summed E-state index contributed by atoms with van der Waals surface area (Å²) in [5, 5.41) is 0.982. The van der Waals surface area contributed by atoms with E-state index in [1.54, 1.807) is 0 Å². The molecule has 0 amide bonds. The molecule has 0 bridgehead atoms. The van der Waals surface area contributed by atoms with Crippen LogP contribution in [0.25, 0.3) is 11.0 Å². The van der Waals surface area contributed by atoms with Gasteiger partial charge in [0.2, 0.25) is 0 Å². The van der Waals surface area contributed by atoms with Crippen LogP contribution in [0, 0.1) is 6.92 Å². The number of fused-ring (bicyclic) bond motifs is 1. The SMILES string of the molecule is Cc1ccc2cc(C(C)(C)C)c(=O)oc2c1. The predicted octanol–water partition coefficient (Wildman–Crippen LogP) is 3.40. The standard InChI is InChI=1S/C14H16O2/c1-9-5-6-10-8-11(14(2,3)4)13(15)16-12(10)7-9/h5-8H,1-4H3.